The topological polar surface area (TPSA) is 46.2 Å². The molecule has 2 bridgehead atoms. The lowest BCUT2D eigenvalue weighted by molar-refractivity contribution is 0.101. The van der Waals surface area contributed by atoms with Crippen LogP contribution in [0.4, 0.5) is 0 Å². The number of nitrogens with two attached hydrogens (primary N) is 1. The molecule has 2 aliphatic carbocycles. The first-order chi connectivity index (χ1) is 5.31. The summed E-state index contributed by atoms with van der Waals surface area (Å²) >= 11 is 0. The molecule has 0 radical (unpaired) electrons. The minimum absolute atomic E-state index is 0.269. The van der Waals surface area contributed by atoms with Crippen molar-refractivity contribution in [3.8, 4) is 0 Å². The second-order valence-corrected chi connectivity index (χ2v) is 3.75. The number of allylic oxidation sites excluding steroid dienone is 2. The van der Waals surface area contributed by atoms with Crippen molar-refractivity contribution < 1.29 is 5.11 Å². The Balaban J connectivity index is 2.02. The summed E-state index contributed by atoms with van der Waals surface area (Å²) in [4.78, 5) is 0. The molecule has 0 aromatic carbocycles. The molecule has 62 valence electrons. The highest BCUT2D eigenvalue weighted by Gasteiger charge is 2.38. The second-order valence-electron chi connectivity index (χ2n) is 3.75. The third-order valence-electron chi connectivity index (χ3n) is 3.07. The van der Waals surface area contributed by atoms with Crippen molar-refractivity contribution in [2.24, 2.45) is 23.5 Å². The zero-order valence-electron chi connectivity index (χ0n) is 6.61. The van der Waals surface area contributed by atoms with Crippen molar-refractivity contribution in [1.82, 2.24) is 0 Å². The Labute approximate surface area is 67.1 Å². The molecule has 2 heteroatoms. The van der Waals surface area contributed by atoms with Gasteiger partial charge in [0.2, 0.25) is 0 Å². The van der Waals surface area contributed by atoms with Gasteiger partial charge in [0.05, 0.1) is 6.10 Å². The Hall–Kier alpha value is -0.340. The van der Waals surface area contributed by atoms with Crippen molar-refractivity contribution >= 4 is 0 Å². The number of hydrogen-bond donors (Lipinski definition) is 2. The zero-order chi connectivity index (χ0) is 7.84. The molecular weight excluding hydrogens is 138 g/mol. The van der Waals surface area contributed by atoms with Gasteiger partial charge < -0.3 is 10.8 Å². The van der Waals surface area contributed by atoms with Crippen molar-refractivity contribution in [1.29, 1.82) is 0 Å². The van der Waals surface area contributed by atoms with E-state index in [-0.39, 0.29) is 6.10 Å². The molecule has 2 aliphatic rings. The predicted octanol–water partition coefficient (Wildman–Crippen LogP) is 0.518. The van der Waals surface area contributed by atoms with Gasteiger partial charge in [-0.2, -0.15) is 0 Å². The van der Waals surface area contributed by atoms with E-state index in [4.69, 9.17) is 5.73 Å². The van der Waals surface area contributed by atoms with E-state index in [0.29, 0.717) is 18.4 Å². The molecule has 0 saturated heterocycles. The van der Waals surface area contributed by atoms with Gasteiger partial charge in [-0.1, -0.05) is 12.2 Å². The van der Waals surface area contributed by atoms with E-state index >= 15 is 0 Å². The molecule has 1 fully saturated rings. The first-order valence-corrected chi connectivity index (χ1v) is 4.37. The fourth-order valence-electron chi connectivity index (χ4n) is 2.44. The van der Waals surface area contributed by atoms with Crippen LogP contribution < -0.4 is 5.73 Å². The third kappa shape index (κ3) is 1.10. The molecule has 4 unspecified atom stereocenters. The average molecular weight is 153 g/mol. The molecular formula is C9H15NO. The molecule has 0 aromatic heterocycles. The van der Waals surface area contributed by atoms with Crippen LogP contribution in [-0.4, -0.2) is 17.8 Å². The van der Waals surface area contributed by atoms with Gasteiger partial charge in [0.1, 0.15) is 0 Å². The molecule has 0 aliphatic heterocycles. The standard InChI is InChI=1S/C9H15NO/c10-5-9(11)8-4-6-1-2-7(8)3-6/h1-2,6-9,11H,3-5,10H2. The molecule has 2 nitrogen and oxygen atoms in total. The summed E-state index contributed by atoms with van der Waals surface area (Å²) in [6, 6.07) is 0. The molecule has 3 N–H and O–H groups in total. The van der Waals surface area contributed by atoms with Gasteiger partial charge in [0.25, 0.3) is 0 Å². The summed E-state index contributed by atoms with van der Waals surface area (Å²) in [5, 5.41) is 9.52. The summed E-state index contributed by atoms with van der Waals surface area (Å²) in [6.07, 6.45) is 6.67. The van der Waals surface area contributed by atoms with E-state index in [2.05, 4.69) is 12.2 Å². The molecule has 0 heterocycles. The third-order valence-corrected chi connectivity index (χ3v) is 3.07. The predicted molar refractivity (Wildman–Crippen MR) is 43.9 cm³/mol. The Kier molecular flexibility index (Phi) is 1.74. The molecule has 0 aromatic rings. The van der Waals surface area contributed by atoms with Crippen LogP contribution in [0.25, 0.3) is 0 Å². The van der Waals surface area contributed by atoms with Gasteiger partial charge >= 0.3 is 0 Å². The first-order valence-electron chi connectivity index (χ1n) is 4.37. The van der Waals surface area contributed by atoms with Crippen LogP contribution in [0.15, 0.2) is 12.2 Å². The first kappa shape index (κ1) is 7.32. The van der Waals surface area contributed by atoms with Crippen LogP contribution in [0, 0.1) is 17.8 Å². The largest absolute Gasteiger partial charge is 0.392 e. The Morgan fingerprint density at radius 1 is 1.45 bits per heavy atom. The minimum Gasteiger partial charge on any atom is -0.392 e. The maximum absolute atomic E-state index is 9.52. The summed E-state index contributed by atoms with van der Waals surface area (Å²) in [5.74, 6) is 1.82. The Morgan fingerprint density at radius 3 is 2.73 bits per heavy atom. The number of rotatable bonds is 2. The number of fused-ring (bicyclic) bond motifs is 2. The van der Waals surface area contributed by atoms with Crippen molar-refractivity contribution in [3.63, 3.8) is 0 Å². The highest BCUT2D eigenvalue weighted by atomic mass is 16.3. The zero-order valence-corrected chi connectivity index (χ0v) is 6.61. The van der Waals surface area contributed by atoms with Crippen molar-refractivity contribution in [3.05, 3.63) is 12.2 Å². The number of hydrogen-bond acceptors (Lipinski definition) is 2. The van der Waals surface area contributed by atoms with E-state index < -0.39 is 0 Å². The summed E-state index contributed by atoms with van der Waals surface area (Å²) < 4.78 is 0. The molecule has 11 heavy (non-hydrogen) atoms. The smallest absolute Gasteiger partial charge is 0.0696 e. The summed E-state index contributed by atoms with van der Waals surface area (Å²) in [7, 11) is 0. The monoisotopic (exact) mass is 153 g/mol. The minimum atomic E-state index is -0.269. The summed E-state index contributed by atoms with van der Waals surface area (Å²) in [5.41, 5.74) is 5.41. The lowest BCUT2D eigenvalue weighted by Gasteiger charge is -2.22. The lowest BCUT2D eigenvalue weighted by Crippen LogP contribution is -2.31. The fourth-order valence-corrected chi connectivity index (χ4v) is 2.44. The fraction of sp³-hybridized carbons (Fsp3) is 0.778. The van der Waals surface area contributed by atoms with E-state index in [9.17, 15) is 5.11 Å². The molecule has 1 saturated carbocycles. The molecule has 4 atom stereocenters. The number of aliphatic hydroxyl groups is 1. The highest BCUT2D eigenvalue weighted by molar-refractivity contribution is 5.11. The van der Waals surface area contributed by atoms with Crippen LogP contribution in [0.2, 0.25) is 0 Å². The lowest BCUT2D eigenvalue weighted by atomic mass is 9.88. The van der Waals surface area contributed by atoms with Crippen LogP contribution in [0.3, 0.4) is 0 Å². The van der Waals surface area contributed by atoms with Crippen LogP contribution in [0.5, 0.6) is 0 Å². The Morgan fingerprint density at radius 2 is 2.27 bits per heavy atom. The summed E-state index contributed by atoms with van der Waals surface area (Å²) in [6.45, 7) is 0.418. The highest BCUT2D eigenvalue weighted by Crippen LogP contribution is 2.44. The number of aliphatic hydroxyl groups excluding tert-OH is 1. The van der Waals surface area contributed by atoms with E-state index in [1.54, 1.807) is 0 Å². The van der Waals surface area contributed by atoms with Crippen LogP contribution in [0.1, 0.15) is 12.8 Å². The van der Waals surface area contributed by atoms with Gasteiger partial charge in [-0.05, 0) is 30.6 Å². The SMILES string of the molecule is NCC(O)C1CC2C=CC1C2. The van der Waals surface area contributed by atoms with Crippen LogP contribution in [-0.2, 0) is 0 Å². The van der Waals surface area contributed by atoms with Gasteiger partial charge in [-0.25, -0.2) is 0 Å². The van der Waals surface area contributed by atoms with E-state index in [1.807, 2.05) is 0 Å². The van der Waals surface area contributed by atoms with Gasteiger partial charge in [-0.3, -0.25) is 0 Å². The maximum Gasteiger partial charge on any atom is 0.0696 e. The molecule has 0 spiro atoms. The maximum atomic E-state index is 9.52. The van der Waals surface area contributed by atoms with Crippen molar-refractivity contribution in [2.45, 2.75) is 18.9 Å². The van der Waals surface area contributed by atoms with E-state index in [1.165, 1.54) is 6.42 Å². The van der Waals surface area contributed by atoms with Gasteiger partial charge in [0.15, 0.2) is 0 Å². The molecule has 2 rings (SSSR count). The normalized spacial score (nSPS) is 43.3. The van der Waals surface area contributed by atoms with Crippen LogP contribution >= 0.6 is 0 Å². The average Bonchev–Trinajstić information content (AvgIpc) is 2.62. The van der Waals surface area contributed by atoms with Gasteiger partial charge in [-0.15, -0.1) is 0 Å². The van der Waals surface area contributed by atoms with Crippen molar-refractivity contribution in [2.75, 3.05) is 6.54 Å². The quantitative estimate of drug-likeness (QED) is 0.568. The molecule has 0 amide bonds. The second kappa shape index (κ2) is 2.61. The Bertz CT molecular complexity index is 178. The van der Waals surface area contributed by atoms with E-state index in [0.717, 1.165) is 12.3 Å². The van der Waals surface area contributed by atoms with Gasteiger partial charge in [0, 0.05) is 6.54 Å².